The first-order valence-corrected chi connectivity index (χ1v) is 12.1. The average Bonchev–Trinajstić information content (AvgIpc) is 2.86. The Morgan fingerprint density at radius 3 is 1.18 bits per heavy atom. The summed E-state index contributed by atoms with van der Waals surface area (Å²) in [6.07, 6.45) is 0.00398. The van der Waals surface area contributed by atoms with Crippen molar-refractivity contribution in [1.29, 1.82) is 0 Å². The normalized spacial score (nSPS) is 10.2. The molecule has 0 amide bonds. The number of Topliss-reactive ketones (excluding diaryl/α,β-unsaturated/α-hetero) is 2. The molecule has 0 aliphatic carbocycles. The SMILES string of the molecule is CC(=O)CC(=O)c1ccccc1.O=P(c1ccccc1)(c1ccccc1)c1ccccc1.[Eu]. The molecular formula is C28H25EuO3P. The van der Waals surface area contributed by atoms with Gasteiger partial charge >= 0.3 is 0 Å². The van der Waals surface area contributed by atoms with Gasteiger partial charge in [-0.05, 0) is 6.92 Å². The topological polar surface area (TPSA) is 51.2 Å². The zero-order valence-corrected chi connectivity index (χ0v) is 21.6. The molecule has 0 spiro atoms. The molecule has 0 aliphatic heterocycles. The molecule has 4 aromatic rings. The minimum absolute atomic E-state index is 0. The van der Waals surface area contributed by atoms with Gasteiger partial charge in [-0.15, -0.1) is 0 Å². The van der Waals surface area contributed by atoms with Gasteiger partial charge in [0.05, 0.1) is 6.42 Å². The van der Waals surface area contributed by atoms with Crippen LogP contribution in [0.3, 0.4) is 0 Å². The van der Waals surface area contributed by atoms with Crippen LogP contribution in [0, 0.1) is 49.4 Å². The van der Waals surface area contributed by atoms with Crippen LogP contribution in [0.5, 0.6) is 0 Å². The molecule has 0 saturated carbocycles. The van der Waals surface area contributed by atoms with Crippen molar-refractivity contribution in [3.8, 4) is 0 Å². The first-order chi connectivity index (χ1) is 15.5. The van der Waals surface area contributed by atoms with Crippen LogP contribution in [-0.4, -0.2) is 11.6 Å². The van der Waals surface area contributed by atoms with Gasteiger partial charge in [0.15, 0.2) is 12.9 Å². The molecule has 0 aliphatic rings. The Kier molecular flexibility index (Phi) is 11.3. The molecule has 1 radical (unpaired) electrons. The van der Waals surface area contributed by atoms with E-state index in [1.165, 1.54) is 6.92 Å². The molecular weight excluding hydrogens is 567 g/mol. The summed E-state index contributed by atoms with van der Waals surface area (Å²) >= 11 is 0. The maximum atomic E-state index is 13.8. The minimum Gasteiger partial charge on any atom is -0.309 e. The van der Waals surface area contributed by atoms with Crippen molar-refractivity contribution in [2.45, 2.75) is 13.3 Å². The summed E-state index contributed by atoms with van der Waals surface area (Å²) in [6, 6.07) is 38.0. The van der Waals surface area contributed by atoms with Gasteiger partial charge in [0.25, 0.3) is 0 Å². The van der Waals surface area contributed by atoms with Crippen molar-refractivity contribution in [2.75, 3.05) is 0 Å². The predicted octanol–water partition coefficient (Wildman–Crippen LogP) is 5.17. The molecule has 5 heteroatoms. The Bertz CT molecular complexity index is 1090. The van der Waals surface area contributed by atoms with E-state index >= 15 is 0 Å². The molecule has 3 nitrogen and oxygen atoms in total. The second kappa shape index (κ2) is 13.7. The first-order valence-electron chi connectivity index (χ1n) is 10.4. The Labute approximate surface area is 236 Å². The fourth-order valence-corrected chi connectivity index (χ4v) is 5.98. The van der Waals surface area contributed by atoms with Gasteiger partial charge in [-0.2, -0.15) is 0 Å². The van der Waals surface area contributed by atoms with Gasteiger partial charge in [0.2, 0.25) is 0 Å². The van der Waals surface area contributed by atoms with E-state index in [4.69, 9.17) is 0 Å². The van der Waals surface area contributed by atoms with Crippen LogP contribution in [0.2, 0.25) is 0 Å². The molecule has 0 aromatic heterocycles. The number of ketones is 2. The van der Waals surface area contributed by atoms with E-state index in [1.54, 1.807) is 24.3 Å². The molecule has 0 fully saturated rings. The number of carbonyl (C=O) groups is 2. The monoisotopic (exact) mass is 593 g/mol. The zero-order chi connectivity index (χ0) is 22.8. The minimum atomic E-state index is -2.78. The first kappa shape index (κ1) is 27.3. The summed E-state index contributed by atoms with van der Waals surface area (Å²) in [5, 5.41) is 2.62. The van der Waals surface area contributed by atoms with Gasteiger partial charge in [-0.25, -0.2) is 0 Å². The molecule has 33 heavy (non-hydrogen) atoms. The van der Waals surface area contributed by atoms with Crippen molar-refractivity contribution >= 4 is 34.6 Å². The van der Waals surface area contributed by atoms with E-state index in [1.807, 2.05) is 97.1 Å². The van der Waals surface area contributed by atoms with Gasteiger partial charge in [0, 0.05) is 70.9 Å². The van der Waals surface area contributed by atoms with E-state index in [0.29, 0.717) is 5.56 Å². The number of hydrogen-bond acceptors (Lipinski definition) is 3. The largest absolute Gasteiger partial charge is 0.309 e. The van der Waals surface area contributed by atoms with Gasteiger partial charge in [-0.3, -0.25) is 9.59 Å². The summed E-state index contributed by atoms with van der Waals surface area (Å²) in [5.74, 6) is -0.202. The Morgan fingerprint density at radius 2 is 0.879 bits per heavy atom. The van der Waals surface area contributed by atoms with Crippen molar-refractivity contribution in [2.24, 2.45) is 0 Å². The number of carbonyl (C=O) groups excluding carboxylic acids is 2. The molecule has 0 unspecified atom stereocenters. The smallest absolute Gasteiger partial charge is 0.171 e. The molecule has 0 N–H and O–H groups in total. The maximum absolute atomic E-state index is 13.8. The van der Waals surface area contributed by atoms with Crippen LogP contribution >= 0.6 is 7.14 Å². The summed E-state index contributed by atoms with van der Waals surface area (Å²) in [5.41, 5.74) is 0.604. The Hall–Kier alpha value is -1.97. The average molecular weight is 592 g/mol. The zero-order valence-electron chi connectivity index (χ0n) is 18.3. The Balaban J connectivity index is 0.000000257. The number of hydrogen-bond donors (Lipinski definition) is 0. The predicted molar refractivity (Wildman–Crippen MR) is 132 cm³/mol. The summed E-state index contributed by atoms with van der Waals surface area (Å²) in [7, 11) is -2.78. The molecule has 0 heterocycles. The van der Waals surface area contributed by atoms with Crippen molar-refractivity contribution < 1.29 is 63.5 Å². The van der Waals surface area contributed by atoms with Gasteiger partial charge in [-0.1, -0.05) is 121 Å². The molecule has 0 bridgehead atoms. The van der Waals surface area contributed by atoms with Crippen LogP contribution in [0.15, 0.2) is 121 Å². The molecule has 4 aromatic carbocycles. The van der Waals surface area contributed by atoms with E-state index < -0.39 is 7.14 Å². The van der Waals surface area contributed by atoms with Crippen LogP contribution in [0.1, 0.15) is 23.7 Å². The number of rotatable bonds is 6. The van der Waals surface area contributed by atoms with E-state index in [2.05, 4.69) is 0 Å². The quantitative estimate of drug-likeness (QED) is 0.176. The van der Waals surface area contributed by atoms with E-state index in [-0.39, 0.29) is 67.4 Å². The van der Waals surface area contributed by atoms with Crippen LogP contribution in [0.4, 0.5) is 0 Å². The summed E-state index contributed by atoms with van der Waals surface area (Å²) in [4.78, 5) is 21.8. The molecule has 167 valence electrons. The van der Waals surface area contributed by atoms with Crippen molar-refractivity contribution in [3.63, 3.8) is 0 Å². The van der Waals surface area contributed by atoms with E-state index in [9.17, 15) is 14.2 Å². The van der Waals surface area contributed by atoms with Crippen molar-refractivity contribution in [1.82, 2.24) is 0 Å². The fraction of sp³-hybridized carbons (Fsp3) is 0.0714. The summed E-state index contributed by atoms with van der Waals surface area (Å²) < 4.78 is 13.8. The number of benzene rings is 4. The van der Waals surface area contributed by atoms with Crippen LogP contribution in [0.25, 0.3) is 0 Å². The second-order valence-corrected chi connectivity index (χ2v) is 10.1. The third-order valence-corrected chi connectivity index (χ3v) is 7.94. The van der Waals surface area contributed by atoms with Crippen molar-refractivity contribution in [3.05, 3.63) is 127 Å². The maximum Gasteiger partial charge on any atom is 0.171 e. The van der Waals surface area contributed by atoms with Gasteiger partial charge < -0.3 is 4.57 Å². The van der Waals surface area contributed by atoms with Crippen LogP contribution in [-0.2, 0) is 9.36 Å². The third-order valence-electron chi connectivity index (χ3n) is 4.86. The van der Waals surface area contributed by atoms with Crippen LogP contribution < -0.4 is 15.9 Å². The third kappa shape index (κ3) is 7.52. The standard InChI is InChI=1S/C18H15OP.C10H10O2.Eu/c19-20(16-10-4-1-5-11-16,17-12-6-2-7-13-17)18-14-8-3-9-15-18;1-8(11)7-10(12)9-5-3-2-4-6-9;/h1-15H;2-6H,7H2,1H3;. The molecule has 0 saturated heterocycles. The van der Waals surface area contributed by atoms with E-state index in [0.717, 1.165) is 15.9 Å². The summed E-state index contributed by atoms with van der Waals surface area (Å²) in [6.45, 7) is 1.42. The Morgan fingerprint density at radius 1 is 0.576 bits per heavy atom. The molecule has 0 atom stereocenters. The fourth-order valence-electron chi connectivity index (χ4n) is 3.31. The van der Waals surface area contributed by atoms with Gasteiger partial charge in [0.1, 0.15) is 5.78 Å². The second-order valence-electron chi connectivity index (χ2n) is 7.28. The molecule has 4 rings (SSSR count).